The molecule has 2 rings (SSSR count). The van der Waals surface area contributed by atoms with Gasteiger partial charge in [-0.1, -0.05) is 34.1 Å². The molecule has 0 unspecified atom stereocenters. The number of rotatable bonds is 4. The first-order valence-corrected chi connectivity index (χ1v) is 6.66. The van der Waals surface area contributed by atoms with Gasteiger partial charge in [-0.05, 0) is 24.6 Å². The van der Waals surface area contributed by atoms with Crippen LogP contribution >= 0.6 is 15.9 Å². The van der Waals surface area contributed by atoms with Crippen LogP contribution in [0.4, 0.5) is 11.6 Å². The first-order chi connectivity index (χ1) is 8.35. The molecule has 17 heavy (non-hydrogen) atoms. The molecule has 0 N–H and O–H groups in total. The number of hydrogen-bond acceptors (Lipinski definition) is 3. The van der Waals surface area contributed by atoms with Gasteiger partial charge < -0.3 is 4.90 Å². The summed E-state index contributed by atoms with van der Waals surface area (Å²) in [5.74, 6) is 0.739. The summed E-state index contributed by atoms with van der Waals surface area (Å²) in [6, 6.07) is 10.2. The molecule has 0 aliphatic carbocycles. The van der Waals surface area contributed by atoms with E-state index in [4.69, 9.17) is 0 Å². The Hall–Kier alpha value is -1.42. The third-order valence-electron chi connectivity index (χ3n) is 2.47. The van der Waals surface area contributed by atoms with Crippen LogP contribution in [-0.4, -0.2) is 16.5 Å². The first kappa shape index (κ1) is 12.0. The number of hydrogen-bond donors (Lipinski definition) is 0. The second-order valence-electron chi connectivity index (χ2n) is 3.60. The number of aromatic nitrogens is 2. The van der Waals surface area contributed by atoms with Gasteiger partial charge in [-0.3, -0.25) is 0 Å². The van der Waals surface area contributed by atoms with Crippen LogP contribution in [0, 0.1) is 0 Å². The van der Waals surface area contributed by atoms with E-state index in [2.05, 4.69) is 49.9 Å². The minimum atomic E-state index is 0.739. The highest BCUT2D eigenvalue weighted by molar-refractivity contribution is 9.08. The molecule has 1 heterocycles. The molecule has 3 nitrogen and oxygen atoms in total. The molecule has 0 spiro atoms. The molecule has 0 saturated heterocycles. The molecular weight excluding hydrogens is 278 g/mol. The number of nitrogens with zero attached hydrogens (tertiary/aromatic N) is 3. The minimum absolute atomic E-state index is 0.739. The number of para-hydroxylation sites is 1. The summed E-state index contributed by atoms with van der Waals surface area (Å²) in [5, 5.41) is 0.782. The van der Waals surface area contributed by atoms with Crippen LogP contribution in [0.3, 0.4) is 0 Å². The molecule has 0 fully saturated rings. The van der Waals surface area contributed by atoms with Gasteiger partial charge in [-0.2, -0.15) is 0 Å². The molecule has 0 aliphatic heterocycles. The zero-order chi connectivity index (χ0) is 12.1. The van der Waals surface area contributed by atoms with E-state index in [0.29, 0.717) is 0 Å². The van der Waals surface area contributed by atoms with E-state index in [9.17, 15) is 0 Å². The van der Waals surface area contributed by atoms with Gasteiger partial charge in [0.1, 0.15) is 0 Å². The lowest BCUT2D eigenvalue weighted by Gasteiger charge is -2.20. The zero-order valence-electron chi connectivity index (χ0n) is 9.68. The fraction of sp³-hybridized carbons (Fsp3) is 0.231. The van der Waals surface area contributed by atoms with Gasteiger partial charge in [0.2, 0.25) is 5.95 Å². The molecule has 0 aliphatic rings. The Kier molecular flexibility index (Phi) is 4.09. The Morgan fingerprint density at radius 3 is 2.29 bits per heavy atom. The molecular formula is C13H14BrN3. The third kappa shape index (κ3) is 2.82. The second-order valence-corrected chi connectivity index (χ2v) is 4.17. The van der Waals surface area contributed by atoms with Crippen LogP contribution in [0.15, 0.2) is 42.7 Å². The lowest BCUT2D eigenvalue weighted by Crippen LogP contribution is -2.18. The molecule has 4 heteroatoms. The lowest BCUT2D eigenvalue weighted by molar-refractivity contribution is 0.940. The van der Waals surface area contributed by atoms with Crippen LogP contribution in [0.2, 0.25) is 0 Å². The van der Waals surface area contributed by atoms with E-state index in [1.807, 2.05) is 30.6 Å². The molecule has 0 atom stereocenters. The van der Waals surface area contributed by atoms with Crippen LogP contribution in [0.5, 0.6) is 0 Å². The summed E-state index contributed by atoms with van der Waals surface area (Å²) < 4.78 is 0. The second kappa shape index (κ2) is 5.77. The van der Waals surface area contributed by atoms with Crippen LogP contribution < -0.4 is 4.90 Å². The number of benzene rings is 1. The number of halogens is 1. The number of anilines is 2. The van der Waals surface area contributed by atoms with Crippen molar-refractivity contribution in [3.8, 4) is 0 Å². The molecule has 0 saturated carbocycles. The number of alkyl halides is 1. The molecule has 1 aromatic carbocycles. The Balaban J connectivity index is 2.29. The standard InChI is InChI=1S/C13H14BrN3/c1-2-17(12-6-4-3-5-7-12)13-15-9-11(8-14)10-16-13/h3-7,9-10H,2,8H2,1H3. The predicted molar refractivity (Wildman–Crippen MR) is 73.8 cm³/mol. The van der Waals surface area contributed by atoms with Gasteiger partial charge in [0.25, 0.3) is 0 Å². The SMILES string of the molecule is CCN(c1ccccc1)c1ncc(CBr)cn1. The van der Waals surface area contributed by atoms with Crippen molar-refractivity contribution in [1.29, 1.82) is 0 Å². The van der Waals surface area contributed by atoms with E-state index in [-0.39, 0.29) is 0 Å². The summed E-state index contributed by atoms with van der Waals surface area (Å²) >= 11 is 3.39. The summed E-state index contributed by atoms with van der Waals surface area (Å²) in [4.78, 5) is 10.8. The van der Waals surface area contributed by atoms with Gasteiger partial charge in [0.15, 0.2) is 0 Å². The highest BCUT2D eigenvalue weighted by atomic mass is 79.9. The Labute approximate surface area is 110 Å². The van der Waals surface area contributed by atoms with Crippen molar-refractivity contribution in [2.24, 2.45) is 0 Å². The maximum Gasteiger partial charge on any atom is 0.229 e. The molecule has 2 aromatic rings. The average Bonchev–Trinajstić information content (AvgIpc) is 2.42. The van der Waals surface area contributed by atoms with Crippen LogP contribution in [0.25, 0.3) is 0 Å². The van der Waals surface area contributed by atoms with E-state index >= 15 is 0 Å². The largest absolute Gasteiger partial charge is 0.311 e. The van der Waals surface area contributed by atoms with E-state index in [1.165, 1.54) is 0 Å². The molecule has 0 amide bonds. The normalized spacial score (nSPS) is 10.2. The predicted octanol–water partition coefficient (Wildman–Crippen LogP) is 3.53. The maximum atomic E-state index is 4.38. The van der Waals surface area contributed by atoms with E-state index < -0.39 is 0 Å². The zero-order valence-corrected chi connectivity index (χ0v) is 11.3. The third-order valence-corrected chi connectivity index (χ3v) is 3.12. The summed E-state index contributed by atoms with van der Waals surface area (Å²) in [6.45, 7) is 2.94. The average molecular weight is 292 g/mol. The van der Waals surface area contributed by atoms with Crippen molar-refractivity contribution < 1.29 is 0 Å². The van der Waals surface area contributed by atoms with Crippen molar-refractivity contribution in [3.05, 3.63) is 48.3 Å². The minimum Gasteiger partial charge on any atom is -0.311 e. The van der Waals surface area contributed by atoms with Crippen LogP contribution in [-0.2, 0) is 5.33 Å². The van der Waals surface area contributed by atoms with Gasteiger partial charge in [0, 0.05) is 30.0 Å². The molecule has 1 aromatic heterocycles. The van der Waals surface area contributed by atoms with Gasteiger partial charge in [-0.15, -0.1) is 0 Å². The summed E-state index contributed by atoms with van der Waals surface area (Å²) in [7, 11) is 0. The summed E-state index contributed by atoms with van der Waals surface area (Å²) in [5.41, 5.74) is 2.19. The fourth-order valence-electron chi connectivity index (χ4n) is 1.60. The van der Waals surface area contributed by atoms with Crippen molar-refractivity contribution in [2.45, 2.75) is 12.3 Å². The van der Waals surface area contributed by atoms with Crippen molar-refractivity contribution in [3.63, 3.8) is 0 Å². The Morgan fingerprint density at radius 1 is 1.12 bits per heavy atom. The molecule has 0 bridgehead atoms. The van der Waals surface area contributed by atoms with E-state index in [0.717, 1.165) is 29.1 Å². The first-order valence-electron chi connectivity index (χ1n) is 5.54. The smallest absolute Gasteiger partial charge is 0.229 e. The highest BCUT2D eigenvalue weighted by Gasteiger charge is 2.08. The maximum absolute atomic E-state index is 4.38. The van der Waals surface area contributed by atoms with Gasteiger partial charge in [0.05, 0.1) is 0 Å². The van der Waals surface area contributed by atoms with Crippen molar-refractivity contribution >= 4 is 27.6 Å². The summed E-state index contributed by atoms with van der Waals surface area (Å²) in [6.07, 6.45) is 3.70. The van der Waals surface area contributed by atoms with Crippen molar-refractivity contribution in [2.75, 3.05) is 11.4 Å². The van der Waals surface area contributed by atoms with Gasteiger partial charge >= 0.3 is 0 Å². The monoisotopic (exact) mass is 291 g/mol. The Morgan fingerprint density at radius 2 is 1.76 bits per heavy atom. The fourth-order valence-corrected chi connectivity index (χ4v) is 1.89. The van der Waals surface area contributed by atoms with E-state index in [1.54, 1.807) is 0 Å². The van der Waals surface area contributed by atoms with Gasteiger partial charge in [-0.25, -0.2) is 9.97 Å². The highest BCUT2D eigenvalue weighted by Crippen LogP contribution is 2.20. The van der Waals surface area contributed by atoms with Crippen molar-refractivity contribution in [1.82, 2.24) is 9.97 Å². The lowest BCUT2D eigenvalue weighted by atomic mass is 10.3. The molecule has 88 valence electrons. The Bertz CT molecular complexity index is 456. The quantitative estimate of drug-likeness (QED) is 0.807. The van der Waals surface area contributed by atoms with Crippen LogP contribution in [0.1, 0.15) is 12.5 Å². The molecule has 0 radical (unpaired) electrons. The topological polar surface area (TPSA) is 29.0 Å².